The fourth-order valence-corrected chi connectivity index (χ4v) is 3.31. The molecule has 118 valence electrons. The number of methoxy groups -OCH3 is 1. The van der Waals surface area contributed by atoms with Crippen molar-refractivity contribution in [1.82, 2.24) is 5.32 Å². The van der Waals surface area contributed by atoms with Crippen molar-refractivity contribution in [3.63, 3.8) is 0 Å². The van der Waals surface area contributed by atoms with Gasteiger partial charge >= 0.3 is 0 Å². The van der Waals surface area contributed by atoms with Crippen LogP contribution in [0.15, 0.2) is 24.3 Å². The maximum atomic E-state index is 5.48. The van der Waals surface area contributed by atoms with E-state index in [1.807, 2.05) is 12.1 Å². The van der Waals surface area contributed by atoms with Crippen LogP contribution >= 0.6 is 0 Å². The summed E-state index contributed by atoms with van der Waals surface area (Å²) < 4.78 is 10.4. The molecule has 1 atom stereocenters. The van der Waals surface area contributed by atoms with E-state index in [9.17, 15) is 0 Å². The van der Waals surface area contributed by atoms with E-state index in [0.717, 1.165) is 18.7 Å². The molecule has 1 aliphatic heterocycles. The summed E-state index contributed by atoms with van der Waals surface area (Å²) in [5.74, 6) is 0.851. The highest BCUT2D eigenvalue weighted by Crippen LogP contribution is 2.52. The van der Waals surface area contributed by atoms with Crippen LogP contribution in [0.2, 0.25) is 0 Å². The first-order valence-corrected chi connectivity index (χ1v) is 7.68. The van der Waals surface area contributed by atoms with E-state index in [-0.39, 0.29) is 23.2 Å². The Hall–Kier alpha value is -1.06. The molecule has 0 spiro atoms. The van der Waals surface area contributed by atoms with Crippen molar-refractivity contribution < 1.29 is 9.47 Å². The van der Waals surface area contributed by atoms with Gasteiger partial charge in [-0.1, -0.05) is 46.8 Å². The van der Waals surface area contributed by atoms with E-state index < -0.39 is 0 Å². The van der Waals surface area contributed by atoms with Crippen molar-refractivity contribution in [2.75, 3.05) is 20.4 Å². The molecule has 0 radical (unpaired) electrons. The third-order valence-electron chi connectivity index (χ3n) is 4.47. The number of ether oxygens (including phenoxy) is 2. The van der Waals surface area contributed by atoms with E-state index >= 15 is 0 Å². The molecule has 1 unspecified atom stereocenters. The Morgan fingerprint density at radius 2 is 1.76 bits per heavy atom. The molecule has 0 aromatic heterocycles. The Kier molecular flexibility index (Phi) is 4.36. The molecule has 1 N–H and O–H groups in total. The van der Waals surface area contributed by atoms with E-state index in [2.05, 4.69) is 52.1 Å². The van der Waals surface area contributed by atoms with Crippen molar-refractivity contribution in [2.24, 2.45) is 10.8 Å². The summed E-state index contributed by atoms with van der Waals surface area (Å²) in [6.07, 6.45) is 1.12. The molecule has 0 amide bonds. The topological polar surface area (TPSA) is 30.5 Å². The number of rotatable bonds is 5. The quantitative estimate of drug-likeness (QED) is 0.834. The van der Waals surface area contributed by atoms with Gasteiger partial charge in [-0.3, -0.25) is 0 Å². The lowest BCUT2D eigenvalue weighted by molar-refractivity contribution is -0.0224. The summed E-state index contributed by atoms with van der Waals surface area (Å²) >= 11 is 0. The molecule has 1 aliphatic rings. The highest BCUT2D eigenvalue weighted by molar-refractivity contribution is 5.36. The maximum Gasteiger partial charge on any atom is 0.188 e. The fourth-order valence-electron chi connectivity index (χ4n) is 3.31. The number of benzene rings is 1. The molecule has 0 bridgehead atoms. The number of hydrogen-bond donors (Lipinski definition) is 1. The Balaban J connectivity index is 2.26. The zero-order valence-corrected chi connectivity index (χ0v) is 14.2. The molecule has 3 nitrogen and oxygen atoms in total. The molecule has 1 aromatic rings. The largest absolute Gasteiger partial charge is 0.468 e. The van der Waals surface area contributed by atoms with Gasteiger partial charge in [0.05, 0.1) is 5.54 Å². The van der Waals surface area contributed by atoms with Crippen molar-refractivity contribution >= 4 is 0 Å². The van der Waals surface area contributed by atoms with Crippen LogP contribution in [-0.4, -0.2) is 20.4 Å². The predicted molar refractivity (Wildman–Crippen MR) is 86.5 cm³/mol. The standard InChI is InChI=1S/C18H29NO2/c1-16(2,3)11-18(17(4,5)12-19-18)14-7-9-15(10-8-14)21-13-20-6/h7-10,19H,11-13H2,1-6H3. The van der Waals surface area contributed by atoms with Gasteiger partial charge in [0, 0.05) is 13.7 Å². The molecule has 21 heavy (non-hydrogen) atoms. The fraction of sp³-hybridized carbons (Fsp3) is 0.667. The van der Waals surface area contributed by atoms with Crippen molar-refractivity contribution in [3.8, 4) is 5.75 Å². The van der Waals surface area contributed by atoms with Gasteiger partial charge in [0.1, 0.15) is 5.75 Å². The molecular formula is C18H29NO2. The molecule has 1 heterocycles. The van der Waals surface area contributed by atoms with Gasteiger partial charge in [0.2, 0.25) is 0 Å². The second-order valence-electron chi connectivity index (χ2n) is 7.96. The minimum absolute atomic E-state index is 0.0467. The second-order valence-corrected chi connectivity index (χ2v) is 7.96. The monoisotopic (exact) mass is 291 g/mol. The van der Waals surface area contributed by atoms with Gasteiger partial charge in [-0.2, -0.15) is 0 Å². The van der Waals surface area contributed by atoms with Gasteiger partial charge in [-0.15, -0.1) is 0 Å². The van der Waals surface area contributed by atoms with Gasteiger partial charge in [-0.05, 0) is 34.9 Å². The van der Waals surface area contributed by atoms with E-state index in [1.54, 1.807) is 7.11 Å². The Morgan fingerprint density at radius 3 is 2.14 bits per heavy atom. The third kappa shape index (κ3) is 3.24. The summed E-state index contributed by atoms with van der Waals surface area (Å²) in [7, 11) is 1.63. The van der Waals surface area contributed by atoms with Gasteiger partial charge in [-0.25, -0.2) is 0 Å². The predicted octanol–water partition coefficient (Wildman–Crippen LogP) is 3.93. The Bertz CT molecular complexity index is 473. The van der Waals surface area contributed by atoms with Crippen LogP contribution in [0.25, 0.3) is 0 Å². The SMILES string of the molecule is COCOc1ccc(C2(CC(C)(C)C)NCC2(C)C)cc1. The second kappa shape index (κ2) is 5.62. The smallest absolute Gasteiger partial charge is 0.188 e. The lowest BCUT2D eigenvalue weighted by Crippen LogP contribution is -2.69. The Morgan fingerprint density at radius 1 is 1.14 bits per heavy atom. The maximum absolute atomic E-state index is 5.48. The number of hydrogen-bond acceptors (Lipinski definition) is 3. The molecule has 0 saturated carbocycles. The Labute approximate surface area is 129 Å². The highest BCUT2D eigenvalue weighted by atomic mass is 16.7. The number of nitrogens with one attached hydrogen (secondary N) is 1. The van der Waals surface area contributed by atoms with E-state index in [4.69, 9.17) is 9.47 Å². The van der Waals surface area contributed by atoms with Gasteiger partial charge in [0.25, 0.3) is 0 Å². The third-order valence-corrected chi connectivity index (χ3v) is 4.47. The molecule has 0 aliphatic carbocycles. The highest BCUT2D eigenvalue weighted by Gasteiger charge is 2.54. The molecule has 3 heteroatoms. The van der Waals surface area contributed by atoms with Crippen molar-refractivity contribution in [1.29, 1.82) is 0 Å². The zero-order valence-electron chi connectivity index (χ0n) is 14.2. The molecular weight excluding hydrogens is 262 g/mol. The van der Waals surface area contributed by atoms with Crippen LogP contribution < -0.4 is 10.1 Å². The van der Waals surface area contributed by atoms with Crippen LogP contribution in [0.4, 0.5) is 0 Å². The van der Waals surface area contributed by atoms with Gasteiger partial charge in [0.15, 0.2) is 6.79 Å². The van der Waals surface area contributed by atoms with Crippen molar-refractivity contribution in [2.45, 2.75) is 46.6 Å². The van der Waals surface area contributed by atoms with Crippen LogP contribution in [0, 0.1) is 10.8 Å². The van der Waals surface area contributed by atoms with Crippen molar-refractivity contribution in [3.05, 3.63) is 29.8 Å². The average molecular weight is 291 g/mol. The molecule has 1 aromatic carbocycles. The average Bonchev–Trinajstić information content (AvgIpc) is 2.41. The summed E-state index contributed by atoms with van der Waals surface area (Å²) in [5.41, 5.74) is 1.93. The van der Waals surface area contributed by atoms with E-state index in [1.165, 1.54) is 5.56 Å². The van der Waals surface area contributed by atoms with Crippen LogP contribution in [0.5, 0.6) is 5.75 Å². The van der Waals surface area contributed by atoms with Crippen LogP contribution in [0.1, 0.15) is 46.6 Å². The minimum atomic E-state index is 0.0467. The summed E-state index contributed by atoms with van der Waals surface area (Å²) in [4.78, 5) is 0. The normalized spacial score (nSPS) is 24.5. The first-order valence-electron chi connectivity index (χ1n) is 7.68. The lowest BCUT2D eigenvalue weighted by atomic mass is 9.57. The van der Waals surface area contributed by atoms with E-state index in [0.29, 0.717) is 0 Å². The first kappa shape index (κ1) is 16.3. The minimum Gasteiger partial charge on any atom is -0.468 e. The van der Waals surface area contributed by atoms with Gasteiger partial charge < -0.3 is 14.8 Å². The zero-order chi connectivity index (χ0) is 15.7. The lowest BCUT2D eigenvalue weighted by Gasteiger charge is -2.60. The summed E-state index contributed by atoms with van der Waals surface area (Å²) in [6, 6.07) is 8.44. The summed E-state index contributed by atoms with van der Waals surface area (Å²) in [6.45, 7) is 13.0. The first-order chi connectivity index (χ1) is 9.70. The summed E-state index contributed by atoms with van der Waals surface area (Å²) in [5, 5.41) is 3.72. The molecule has 1 fully saturated rings. The van der Waals surface area contributed by atoms with Crippen LogP contribution in [0.3, 0.4) is 0 Å². The molecule has 1 saturated heterocycles. The van der Waals surface area contributed by atoms with Crippen LogP contribution in [-0.2, 0) is 10.3 Å². The molecule has 2 rings (SSSR count).